The lowest BCUT2D eigenvalue weighted by Gasteiger charge is -2.21. The summed E-state index contributed by atoms with van der Waals surface area (Å²) in [6.45, 7) is 3.56. The second-order valence-electron chi connectivity index (χ2n) is 4.17. The summed E-state index contributed by atoms with van der Waals surface area (Å²) in [6.07, 6.45) is 6.19. The fourth-order valence-electron chi connectivity index (χ4n) is 2.18. The molecule has 3 nitrogen and oxygen atoms in total. The van der Waals surface area contributed by atoms with E-state index in [9.17, 15) is 5.11 Å². The molecule has 1 aliphatic heterocycles. The molecule has 1 aliphatic rings. The van der Waals surface area contributed by atoms with Crippen molar-refractivity contribution in [1.82, 2.24) is 9.88 Å². The third kappa shape index (κ3) is 2.76. The van der Waals surface area contributed by atoms with E-state index in [-0.39, 0.29) is 12.5 Å². The van der Waals surface area contributed by atoms with Gasteiger partial charge in [-0.3, -0.25) is 4.98 Å². The van der Waals surface area contributed by atoms with Gasteiger partial charge in [-0.15, -0.1) is 0 Å². The van der Waals surface area contributed by atoms with Crippen LogP contribution in [0, 0.1) is 0 Å². The molecule has 0 spiro atoms. The van der Waals surface area contributed by atoms with Crippen LogP contribution in [0.3, 0.4) is 0 Å². The summed E-state index contributed by atoms with van der Waals surface area (Å²) in [5.74, 6) is 0.242. The van der Waals surface area contributed by atoms with Crippen molar-refractivity contribution < 1.29 is 5.11 Å². The van der Waals surface area contributed by atoms with Gasteiger partial charge in [0.15, 0.2) is 0 Å². The second-order valence-corrected chi connectivity index (χ2v) is 4.17. The lowest BCUT2D eigenvalue weighted by molar-refractivity contribution is 0.220. The van der Waals surface area contributed by atoms with E-state index in [0.29, 0.717) is 0 Å². The number of aliphatic hydroxyl groups excluding tert-OH is 1. The molecule has 0 amide bonds. The van der Waals surface area contributed by atoms with Crippen LogP contribution in [0.1, 0.15) is 24.3 Å². The summed E-state index contributed by atoms with van der Waals surface area (Å²) in [7, 11) is 0. The summed E-state index contributed by atoms with van der Waals surface area (Å²) in [4.78, 5) is 6.43. The Hall–Kier alpha value is -0.930. The fourth-order valence-corrected chi connectivity index (χ4v) is 2.18. The maximum absolute atomic E-state index is 9.39. The molecule has 2 heterocycles. The Labute approximate surface area is 90.8 Å². The first-order valence-electron chi connectivity index (χ1n) is 5.63. The standard InChI is InChI=1S/C12H18N2O/c15-10-12(9-14-7-1-2-8-14)11-3-5-13-6-4-11/h3-6,12,15H,1-2,7-10H2. The van der Waals surface area contributed by atoms with Crippen molar-refractivity contribution in [2.75, 3.05) is 26.2 Å². The molecule has 0 saturated carbocycles. The Morgan fingerprint density at radius 3 is 2.53 bits per heavy atom. The molecular formula is C12H18N2O. The van der Waals surface area contributed by atoms with Crippen molar-refractivity contribution in [3.63, 3.8) is 0 Å². The van der Waals surface area contributed by atoms with E-state index in [1.54, 1.807) is 12.4 Å². The predicted molar refractivity (Wildman–Crippen MR) is 59.7 cm³/mol. The number of hydrogen-bond acceptors (Lipinski definition) is 3. The zero-order valence-electron chi connectivity index (χ0n) is 8.97. The van der Waals surface area contributed by atoms with Crippen LogP contribution in [0.25, 0.3) is 0 Å². The van der Waals surface area contributed by atoms with Crippen LogP contribution < -0.4 is 0 Å². The lowest BCUT2D eigenvalue weighted by atomic mass is 10.0. The van der Waals surface area contributed by atoms with Gasteiger partial charge in [0.25, 0.3) is 0 Å². The molecule has 0 bridgehead atoms. The van der Waals surface area contributed by atoms with Crippen LogP contribution in [-0.2, 0) is 0 Å². The van der Waals surface area contributed by atoms with Crippen LogP contribution >= 0.6 is 0 Å². The number of rotatable bonds is 4. The zero-order valence-corrected chi connectivity index (χ0v) is 8.97. The molecular weight excluding hydrogens is 188 g/mol. The zero-order chi connectivity index (χ0) is 10.5. The van der Waals surface area contributed by atoms with E-state index >= 15 is 0 Å². The molecule has 1 fully saturated rings. The fraction of sp³-hybridized carbons (Fsp3) is 0.583. The van der Waals surface area contributed by atoms with E-state index in [1.165, 1.54) is 31.5 Å². The molecule has 0 aliphatic carbocycles. The topological polar surface area (TPSA) is 36.4 Å². The summed E-state index contributed by atoms with van der Waals surface area (Å²) in [6, 6.07) is 3.99. The van der Waals surface area contributed by atoms with E-state index in [1.807, 2.05) is 12.1 Å². The van der Waals surface area contributed by atoms with Crippen LogP contribution in [0.4, 0.5) is 0 Å². The van der Waals surface area contributed by atoms with Gasteiger partial charge in [-0.2, -0.15) is 0 Å². The number of likely N-dealkylation sites (tertiary alicyclic amines) is 1. The molecule has 15 heavy (non-hydrogen) atoms. The van der Waals surface area contributed by atoms with Crippen molar-refractivity contribution in [1.29, 1.82) is 0 Å². The number of aromatic nitrogens is 1. The average molecular weight is 206 g/mol. The Balaban J connectivity index is 1.97. The van der Waals surface area contributed by atoms with Crippen LogP contribution in [0.2, 0.25) is 0 Å². The number of pyridine rings is 1. The van der Waals surface area contributed by atoms with Crippen molar-refractivity contribution in [2.24, 2.45) is 0 Å². The molecule has 1 saturated heterocycles. The molecule has 1 unspecified atom stereocenters. The van der Waals surface area contributed by atoms with Crippen LogP contribution in [0.5, 0.6) is 0 Å². The Kier molecular flexibility index (Phi) is 3.69. The molecule has 1 atom stereocenters. The van der Waals surface area contributed by atoms with Crippen molar-refractivity contribution in [3.05, 3.63) is 30.1 Å². The maximum atomic E-state index is 9.39. The lowest BCUT2D eigenvalue weighted by Crippen LogP contribution is -2.27. The Bertz CT molecular complexity index is 283. The number of hydrogen-bond donors (Lipinski definition) is 1. The third-order valence-electron chi connectivity index (χ3n) is 3.08. The van der Waals surface area contributed by atoms with Crippen LogP contribution in [0.15, 0.2) is 24.5 Å². The highest BCUT2D eigenvalue weighted by Crippen LogP contribution is 2.18. The van der Waals surface area contributed by atoms with E-state index < -0.39 is 0 Å². The molecule has 82 valence electrons. The molecule has 0 radical (unpaired) electrons. The van der Waals surface area contributed by atoms with Gasteiger partial charge in [-0.25, -0.2) is 0 Å². The van der Waals surface area contributed by atoms with Gasteiger partial charge in [0.1, 0.15) is 0 Å². The smallest absolute Gasteiger partial charge is 0.0512 e. The van der Waals surface area contributed by atoms with Gasteiger partial charge in [-0.1, -0.05) is 0 Å². The van der Waals surface area contributed by atoms with Crippen LogP contribution in [-0.4, -0.2) is 41.2 Å². The molecule has 1 aromatic rings. The molecule has 2 rings (SSSR count). The SMILES string of the molecule is OCC(CN1CCCC1)c1ccncc1. The first-order valence-corrected chi connectivity index (χ1v) is 5.63. The van der Waals surface area contributed by atoms with Gasteiger partial charge >= 0.3 is 0 Å². The second kappa shape index (κ2) is 5.24. The summed E-state index contributed by atoms with van der Waals surface area (Å²) >= 11 is 0. The Morgan fingerprint density at radius 1 is 1.27 bits per heavy atom. The monoisotopic (exact) mass is 206 g/mol. The van der Waals surface area contributed by atoms with Crippen molar-refractivity contribution in [3.8, 4) is 0 Å². The first kappa shape index (κ1) is 10.6. The first-order chi connectivity index (χ1) is 7.40. The van der Waals surface area contributed by atoms with Crippen molar-refractivity contribution >= 4 is 0 Å². The predicted octanol–water partition coefficient (Wildman–Crippen LogP) is 1.25. The molecule has 3 heteroatoms. The molecule has 0 aromatic carbocycles. The number of nitrogens with zero attached hydrogens (tertiary/aromatic N) is 2. The van der Waals surface area contributed by atoms with Gasteiger partial charge in [0, 0.05) is 24.9 Å². The Morgan fingerprint density at radius 2 is 1.93 bits per heavy atom. The highest BCUT2D eigenvalue weighted by atomic mass is 16.3. The van der Waals surface area contributed by atoms with E-state index in [2.05, 4.69) is 9.88 Å². The largest absolute Gasteiger partial charge is 0.396 e. The number of aliphatic hydroxyl groups is 1. The van der Waals surface area contributed by atoms with E-state index in [4.69, 9.17) is 0 Å². The minimum absolute atomic E-state index is 0.223. The van der Waals surface area contributed by atoms with Gasteiger partial charge in [0.05, 0.1) is 6.61 Å². The quantitative estimate of drug-likeness (QED) is 0.805. The van der Waals surface area contributed by atoms with Gasteiger partial charge < -0.3 is 10.0 Å². The minimum Gasteiger partial charge on any atom is -0.396 e. The van der Waals surface area contributed by atoms with Crippen molar-refractivity contribution in [2.45, 2.75) is 18.8 Å². The summed E-state index contributed by atoms with van der Waals surface area (Å²) in [5.41, 5.74) is 1.19. The normalized spacial score (nSPS) is 19.3. The van der Waals surface area contributed by atoms with Gasteiger partial charge in [-0.05, 0) is 43.6 Å². The molecule has 1 N–H and O–H groups in total. The molecule has 1 aromatic heterocycles. The maximum Gasteiger partial charge on any atom is 0.0512 e. The summed E-state index contributed by atoms with van der Waals surface area (Å²) < 4.78 is 0. The highest BCUT2D eigenvalue weighted by molar-refractivity contribution is 5.16. The summed E-state index contributed by atoms with van der Waals surface area (Å²) in [5, 5.41) is 9.39. The van der Waals surface area contributed by atoms with E-state index in [0.717, 1.165) is 6.54 Å². The highest BCUT2D eigenvalue weighted by Gasteiger charge is 2.17. The van der Waals surface area contributed by atoms with Gasteiger partial charge in [0.2, 0.25) is 0 Å². The third-order valence-corrected chi connectivity index (χ3v) is 3.08. The minimum atomic E-state index is 0.223. The average Bonchev–Trinajstić information content (AvgIpc) is 2.80.